The third kappa shape index (κ3) is 3.83. The molecule has 0 amide bonds. The minimum absolute atomic E-state index is 0.132. The Labute approximate surface area is 115 Å². The average Bonchev–Trinajstić information content (AvgIpc) is 2.33. The molecule has 4 heteroatoms. The molecular weight excluding hydrogens is 240 g/mol. The van der Waals surface area contributed by atoms with Crippen LogP contribution in [0.2, 0.25) is 0 Å². The fourth-order valence-electron chi connectivity index (χ4n) is 2.29. The molecule has 0 aromatic carbocycles. The first-order valence-corrected chi connectivity index (χ1v) is 6.97. The van der Waals surface area contributed by atoms with E-state index in [4.69, 9.17) is 9.47 Å². The number of ether oxygens (including phenoxy) is 2. The van der Waals surface area contributed by atoms with Gasteiger partial charge in [-0.25, -0.2) is 4.98 Å². The molecule has 1 aliphatic rings. The van der Waals surface area contributed by atoms with Crippen LogP contribution in [0.15, 0.2) is 18.3 Å². The lowest BCUT2D eigenvalue weighted by atomic mass is 9.82. The summed E-state index contributed by atoms with van der Waals surface area (Å²) in [6.45, 7) is 10.4. The summed E-state index contributed by atoms with van der Waals surface area (Å²) in [5, 5.41) is 3.40. The van der Waals surface area contributed by atoms with Crippen molar-refractivity contribution in [3.05, 3.63) is 18.3 Å². The largest absolute Gasteiger partial charge is 0.489 e. The van der Waals surface area contributed by atoms with Gasteiger partial charge in [-0.05, 0) is 32.9 Å². The first kappa shape index (κ1) is 14.1. The predicted molar refractivity (Wildman–Crippen MR) is 75.7 cm³/mol. The van der Waals surface area contributed by atoms with E-state index in [0.717, 1.165) is 25.3 Å². The van der Waals surface area contributed by atoms with Gasteiger partial charge in [0.2, 0.25) is 5.88 Å². The van der Waals surface area contributed by atoms with Gasteiger partial charge >= 0.3 is 0 Å². The molecule has 1 aliphatic heterocycles. The van der Waals surface area contributed by atoms with Gasteiger partial charge in [-0.15, -0.1) is 0 Å². The number of piperidine rings is 1. The van der Waals surface area contributed by atoms with Gasteiger partial charge in [-0.2, -0.15) is 0 Å². The molecule has 1 N–H and O–H groups in total. The van der Waals surface area contributed by atoms with Gasteiger partial charge in [0.05, 0.1) is 12.3 Å². The van der Waals surface area contributed by atoms with E-state index in [2.05, 4.69) is 24.1 Å². The number of rotatable bonds is 4. The van der Waals surface area contributed by atoms with Crippen molar-refractivity contribution in [3.63, 3.8) is 0 Å². The molecule has 2 heterocycles. The quantitative estimate of drug-likeness (QED) is 0.908. The molecule has 0 unspecified atom stereocenters. The molecule has 1 aromatic rings. The second-order valence-electron chi connectivity index (χ2n) is 6.06. The van der Waals surface area contributed by atoms with Crippen molar-refractivity contribution in [3.8, 4) is 11.6 Å². The average molecular weight is 264 g/mol. The fraction of sp³-hybridized carbons (Fsp3) is 0.667. The van der Waals surface area contributed by atoms with Crippen molar-refractivity contribution in [2.45, 2.75) is 46.3 Å². The highest BCUT2D eigenvalue weighted by molar-refractivity contribution is 5.23. The van der Waals surface area contributed by atoms with Crippen LogP contribution in [-0.2, 0) is 0 Å². The van der Waals surface area contributed by atoms with Gasteiger partial charge in [0, 0.05) is 18.0 Å². The molecule has 0 bridgehead atoms. The van der Waals surface area contributed by atoms with Crippen LogP contribution in [0.4, 0.5) is 0 Å². The molecule has 0 saturated carbocycles. The minimum Gasteiger partial charge on any atom is -0.489 e. The Bertz CT molecular complexity index is 401. The van der Waals surface area contributed by atoms with Crippen LogP contribution in [0.25, 0.3) is 0 Å². The molecule has 1 aromatic heterocycles. The van der Waals surface area contributed by atoms with Gasteiger partial charge in [0.15, 0.2) is 0 Å². The van der Waals surface area contributed by atoms with Crippen LogP contribution >= 0.6 is 0 Å². The highest BCUT2D eigenvalue weighted by atomic mass is 16.5. The van der Waals surface area contributed by atoms with Crippen LogP contribution in [-0.4, -0.2) is 30.3 Å². The van der Waals surface area contributed by atoms with Crippen molar-refractivity contribution in [1.29, 1.82) is 0 Å². The van der Waals surface area contributed by atoms with E-state index >= 15 is 0 Å². The van der Waals surface area contributed by atoms with E-state index in [0.29, 0.717) is 5.88 Å². The van der Waals surface area contributed by atoms with Crippen LogP contribution in [0.3, 0.4) is 0 Å². The molecular formula is C15H24N2O2. The lowest BCUT2D eigenvalue weighted by Gasteiger charge is -2.38. The Morgan fingerprint density at radius 1 is 1.37 bits per heavy atom. The maximum atomic E-state index is 6.02. The van der Waals surface area contributed by atoms with Crippen LogP contribution in [0.5, 0.6) is 11.6 Å². The van der Waals surface area contributed by atoms with Crippen molar-refractivity contribution < 1.29 is 9.47 Å². The van der Waals surface area contributed by atoms with E-state index in [1.807, 2.05) is 26.0 Å². The Morgan fingerprint density at radius 3 is 2.74 bits per heavy atom. The van der Waals surface area contributed by atoms with Crippen LogP contribution < -0.4 is 14.8 Å². The van der Waals surface area contributed by atoms with E-state index in [-0.39, 0.29) is 17.6 Å². The number of aromatic nitrogens is 1. The van der Waals surface area contributed by atoms with Crippen molar-refractivity contribution in [1.82, 2.24) is 10.3 Å². The summed E-state index contributed by atoms with van der Waals surface area (Å²) < 4.78 is 11.6. The molecule has 4 nitrogen and oxygen atoms in total. The van der Waals surface area contributed by atoms with Crippen molar-refractivity contribution in [2.24, 2.45) is 5.41 Å². The van der Waals surface area contributed by atoms with Gasteiger partial charge in [-0.3, -0.25) is 0 Å². The Morgan fingerprint density at radius 2 is 2.16 bits per heavy atom. The lowest BCUT2D eigenvalue weighted by molar-refractivity contribution is 0.0413. The first-order valence-electron chi connectivity index (χ1n) is 6.97. The summed E-state index contributed by atoms with van der Waals surface area (Å²) in [5.41, 5.74) is 0.132. The molecule has 106 valence electrons. The standard InChI is InChI=1S/C15H24N2O2/c1-11(2)18-12-5-6-14(17-9-12)19-13-7-8-16-10-15(13,3)4/h5-6,9,11,13,16H,7-8,10H2,1-4H3/t13-/m1/s1. The minimum atomic E-state index is 0.132. The number of nitrogens with one attached hydrogen (secondary N) is 1. The molecule has 0 spiro atoms. The fourth-order valence-corrected chi connectivity index (χ4v) is 2.29. The monoisotopic (exact) mass is 264 g/mol. The Kier molecular flexibility index (Phi) is 4.30. The van der Waals surface area contributed by atoms with Crippen LogP contribution in [0, 0.1) is 5.41 Å². The summed E-state index contributed by atoms with van der Waals surface area (Å²) in [6, 6.07) is 3.80. The third-order valence-electron chi connectivity index (χ3n) is 3.38. The summed E-state index contributed by atoms with van der Waals surface area (Å²) >= 11 is 0. The maximum absolute atomic E-state index is 6.02. The summed E-state index contributed by atoms with van der Waals surface area (Å²) in [5.74, 6) is 1.46. The third-order valence-corrected chi connectivity index (χ3v) is 3.38. The molecule has 1 atom stereocenters. The van der Waals surface area contributed by atoms with E-state index in [9.17, 15) is 0 Å². The van der Waals surface area contributed by atoms with Crippen LogP contribution in [0.1, 0.15) is 34.1 Å². The summed E-state index contributed by atoms with van der Waals surface area (Å²) in [4.78, 5) is 4.32. The number of hydrogen-bond acceptors (Lipinski definition) is 4. The van der Waals surface area contributed by atoms with E-state index in [1.165, 1.54) is 0 Å². The number of hydrogen-bond donors (Lipinski definition) is 1. The smallest absolute Gasteiger partial charge is 0.213 e. The molecule has 0 aliphatic carbocycles. The lowest BCUT2D eigenvalue weighted by Crippen LogP contribution is -2.48. The first-order chi connectivity index (χ1) is 8.97. The Balaban J connectivity index is 1.99. The highest BCUT2D eigenvalue weighted by Crippen LogP contribution is 2.29. The number of pyridine rings is 1. The summed E-state index contributed by atoms with van der Waals surface area (Å²) in [7, 11) is 0. The second kappa shape index (κ2) is 5.78. The van der Waals surface area contributed by atoms with Gasteiger partial charge in [0.1, 0.15) is 11.9 Å². The highest BCUT2D eigenvalue weighted by Gasteiger charge is 2.34. The van der Waals surface area contributed by atoms with E-state index < -0.39 is 0 Å². The zero-order chi connectivity index (χ0) is 13.9. The second-order valence-corrected chi connectivity index (χ2v) is 6.06. The van der Waals surface area contributed by atoms with Gasteiger partial charge in [0.25, 0.3) is 0 Å². The molecule has 2 rings (SSSR count). The van der Waals surface area contributed by atoms with Gasteiger partial charge in [-0.1, -0.05) is 13.8 Å². The van der Waals surface area contributed by atoms with Gasteiger partial charge < -0.3 is 14.8 Å². The topological polar surface area (TPSA) is 43.4 Å². The molecule has 1 fully saturated rings. The molecule has 0 radical (unpaired) electrons. The van der Waals surface area contributed by atoms with Crippen molar-refractivity contribution >= 4 is 0 Å². The number of nitrogens with zero attached hydrogens (tertiary/aromatic N) is 1. The summed E-state index contributed by atoms with van der Waals surface area (Å²) in [6.07, 6.45) is 3.11. The van der Waals surface area contributed by atoms with Crippen molar-refractivity contribution in [2.75, 3.05) is 13.1 Å². The zero-order valence-electron chi connectivity index (χ0n) is 12.3. The Hall–Kier alpha value is -1.29. The SMILES string of the molecule is CC(C)Oc1ccc(O[C@@H]2CCNCC2(C)C)nc1. The maximum Gasteiger partial charge on any atom is 0.213 e. The molecule has 19 heavy (non-hydrogen) atoms. The normalized spacial score (nSPS) is 22.3. The zero-order valence-corrected chi connectivity index (χ0v) is 12.3. The van der Waals surface area contributed by atoms with E-state index in [1.54, 1.807) is 6.20 Å². The predicted octanol–water partition coefficient (Wildman–Crippen LogP) is 2.64. The molecule has 1 saturated heterocycles.